The molecule has 0 bridgehead atoms. The molecule has 7 heteroatoms. The summed E-state index contributed by atoms with van der Waals surface area (Å²) in [5, 5.41) is 0.479. The van der Waals surface area contributed by atoms with E-state index in [4.69, 9.17) is 23.2 Å². The highest BCUT2D eigenvalue weighted by Gasteiger charge is 2.20. The second-order valence-corrected chi connectivity index (χ2v) is 5.81. The molecule has 2 aromatic rings. The summed E-state index contributed by atoms with van der Waals surface area (Å²) in [4.78, 5) is 0. The van der Waals surface area contributed by atoms with Crippen LogP contribution in [0.5, 0.6) is 0 Å². The Bertz CT molecular complexity index is 667. The number of benzene rings is 2. The van der Waals surface area contributed by atoms with Crippen molar-refractivity contribution in [2.75, 3.05) is 5.73 Å². The molecule has 0 amide bonds. The third-order valence-corrected chi connectivity index (χ3v) is 4.02. The summed E-state index contributed by atoms with van der Waals surface area (Å²) in [6.45, 7) is 0. The molecule has 0 aliphatic carbocycles. The van der Waals surface area contributed by atoms with Crippen molar-refractivity contribution >= 4 is 33.2 Å². The van der Waals surface area contributed by atoms with Crippen LogP contribution < -0.4 is 17.0 Å². The molecule has 0 aliphatic rings. The number of nitrogen functional groups attached to an aromatic ring is 1. The molecule has 0 aliphatic heterocycles. The number of halogens is 4. The summed E-state index contributed by atoms with van der Waals surface area (Å²) >= 11 is 8.88. The van der Waals surface area contributed by atoms with E-state index in [0.29, 0.717) is 16.3 Å². The first-order valence-electron chi connectivity index (χ1n) is 6.07. The monoisotopic (exact) mass is 375 g/mol. The van der Waals surface area contributed by atoms with Gasteiger partial charge in [0.1, 0.15) is 11.6 Å². The van der Waals surface area contributed by atoms with Crippen LogP contribution in [0.15, 0.2) is 34.8 Å². The predicted octanol–water partition coefficient (Wildman–Crippen LogP) is 3.71. The Morgan fingerprint density at radius 2 is 1.95 bits per heavy atom. The van der Waals surface area contributed by atoms with Gasteiger partial charge >= 0.3 is 0 Å². The number of hydrazine groups is 1. The van der Waals surface area contributed by atoms with E-state index in [0.717, 1.165) is 0 Å². The molecular formula is C14H13BrClF2N3. The summed E-state index contributed by atoms with van der Waals surface area (Å²) in [6.07, 6.45) is 0.0133. The largest absolute Gasteiger partial charge is 0.398 e. The first kappa shape index (κ1) is 16.2. The van der Waals surface area contributed by atoms with Crippen LogP contribution in [-0.2, 0) is 6.42 Å². The standard InChI is InChI=1S/C14H13BrClF2N3/c15-10-3-4-11(17)9(14(10)18)6-13(21-20)8-2-1-7(16)5-12(8)19/h1-5,13,21H,6,19-20H2. The molecular weight excluding hydrogens is 364 g/mol. The molecule has 0 aromatic heterocycles. The van der Waals surface area contributed by atoms with Gasteiger partial charge in [-0.15, -0.1) is 0 Å². The Labute approximate surface area is 134 Å². The predicted molar refractivity (Wildman–Crippen MR) is 83.7 cm³/mol. The van der Waals surface area contributed by atoms with Crippen molar-refractivity contribution in [1.29, 1.82) is 0 Å². The second-order valence-electron chi connectivity index (χ2n) is 4.52. The third-order valence-electron chi connectivity index (χ3n) is 3.17. The van der Waals surface area contributed by atoms with E-state index in [1.165, 1.54) is 12.1 Å². The van der Waals surface area contributed by atoms with Gasteiger partial charge in [0.2, 0.25) is 0 Å². The fraction of sp³-hybridized carbons (Fsp3) is 0.143. The minimum Gasteiger partial charge on any atom is -0.398 e. The minimum atomic E-state index is -0.650. The van der Waals surface area contributed by atoms with Crippen LogP contribution in [0.4, 0.5) is 14.5 Å². The zero-order valence-corrected chi connectivity index (χ0v) is 13.2. The maximum atomic E-state index is 14.0. The van der Waals surface area contributed by atoms with Gasteiger partial charge in [-0.05, 0) is 52.2 Å². The van der Waals surface area contributed by atoms with Crippen LogP contribution in [0.25, 0.3) is 0 Å². The highest BCUT2D eigenvalue weighted by atomic mass is 79.9. The number of hydrogen-bond acceptors (Lipinski definition) is 3. The van der Waals surface area contributed by atoms with Crippen LogP contribution in [0.1, 0.15) is 17.2 Å². The molecule has 2 rings (SSSR count). The van der Waals surface area contributed by atoms with Gasteiger partial charge in [0.05, 0.1) is 10.5 Å². The Balaban J connectivity index is 2.38. The van der Waals surface area contributed by atoms with Crippen molar-refractivity contribution in [3.63, 3.8) is 0 Å². The van der Waals surface area contributed by atoms with E-state index in [9.17, 15) is 8.78 Å². The molecule has 5 N–H and O–H groups in total. The summed E-state index contributed by atoms with van der Waals surface area (Å²) in [7, 11) is 0. The van der Waals surface area contributed by atoms with E-state index in [-0.39, 0.29) is 16.5 Å². The normalized spacial score (nSPS) is 12.4. The fourth-order valence-corrected chi connectivity index (χ4v) is 2.63. The van der Waals surface area contributed by atoms with Crippen molar-refractivity contribution < 1.29 is 8.78 Å². The molecule has 0 spiro atoms. The number of nitrogens with one attached hydrogen (secondary N) is 1. The molecule has 0 radical (unpaired) electrons. The number of anilines is 1. The lowest BCUT2D eigenvalue weighted by molar-refractivity contribution is 0.498. The van der Waals surface area contributed by atoms with E-state index >= 15 is 0 Å². The molecule has 112 valence electrons. The lowest BCUT2D eigenvalue weighted by atomic mass is 9.97. The topological polar surface area (TPSA) is 64.1 Å². The van der Waals surface area contributed by atoms with Crippen LogP contribution >= 0.6 is 27.5 Å². The van der Waals surface area contributed by atoms with Crippen molar-refractivity contribution in [3.05, 3.63) is 62.6 Å². The Kier molecular flexibility index (Phi) is 5.16. The molecule has 1 unspecified atom stereocenters. The molecule has 21 heavy (non-hydrogen) atoms. The van der Waals surface area contributed by atoms with Gasteiger partial charge in [-0.1, -0.05) is 17.7 Å². The highest BCUT2D eigenvalue weighted by Crippen LogP contribution is 2.29. The van der Waals surface area contributed by atoms with Crippen molar-refractivity contribution in [1.82, 2.24) is 5.43 Å². The van der Waals surface area contributed by atoms with Crippen LogP contribution in [0.3, 0.4) is 0 Å². The summed E-state index contributed by atoms with van der Waals surface area (Å²) < 4.78 is 28.1. The quantitative estimate of drug-likeness (QED) is 0.330. The van der Waals surface area contributed by atoms with E-state index in [1.54, 1.807) is 18.2 Å². The Morgan fingerprint density at radius 1 is 1.24 bits per heavy atom. The number of nitrogens with two attached hydrogens (primary N) is 2. The molecule has 2 aromatic carbocycles. The summed E-state index contributed by atoms with van der Waals surface area (Å²) in [6, 6.07) is 6.85. The lowest BCUT2D eigenvalue weighted by Gasteiger charge is -2.19. The van der Waals surface area contributed by atoms with Gasteiger partial charge in [-0.25, -0.2) is 8.78 Å². The molecule has 0 saturated carbocycles. The van der Waals surface area contributed by atoms with Crippen molar-refractivity contribution in [3.8, 4) is 0 Å². The summed E-state index contributed by atoms with van der Waals surface area (Å²) in [5.74, 6) is 4.22. The van der Waals surface area contributed by atoms with Crippen LogP contribution in [0.2, 0.25) is 5.02 Å². The molecule has 3 nitrogen and oxygen atoms in total. The third kappa shape index (κ3) is 3.52. The molecule has 0 saturated heterocycles. The molecule has 0 heterocycles. The van der Waals surface area contributed by atoms with Gasteiger partial charge in [0.25, 0.3) is 0 Å². The van der Waals surface area contributed by atoms with Gasteiger partial charge in [0.15, 0.2) is 0 Å². The van der Waals surface area contributed by atoms with Gasteiger partial charge in [-0.3, -0.25) is 11.3 Å². The van der Waals surface area contributed by atoms with Gasteiger partial charge < -0.3 is 5.73 Å². The maximum absolute atomic E-state index is 14.0. The van der Waals surface area contributed by atoms with Gasteiger partial charge in [-0.2, -0.15) is 0 Å². The summed E-state index contributed by atoms with van der Waals surface area (Å²) in [5.41, 5.74) is 9.37. The van der Waals surface area contributed by atoms with E-state index in [2.05, 4.69) is 21.4 Å². The van der Waals surface area contributed by atoms with E-state index < -0.39 is 17.7 Å². The van der Waals surface area contributed by atoms with Crippen LogP contribution in [-0.4, -0.2) is 0 Å². The smallest absolute Gasteiger partial charge is 0.143 e. The minimum absolute atomic E-state index is 0.0133. The Morgan fingerprint density at radius 3 is 2.57 bits per heavy atom. The van der Waals surface area contributed by atoms with Gasteiger partial charge in [0, 0.05) is 16.3 Å². The first-order valence-corrected chi connectivity index (χ1v) is 7.24. The lowest BCUT2D eigenvalue weighted by Crippen LogP contribution is -2.30. The number of rotatable bonds is 4. The van der Waals surface area contributed by atoms with E-state index in [1.807, 2.05) is 0 Å². The fourth-order valence-electron chi connectivity index (χ4n) is 2.08. The average molecular weight is 377 g/mol. The maximum Gasteiger partial charge on any atom is 0.143 e. The average Bonchev–Trinajstić information content (AvgIpc) is 2.44. The molecule has 0 fully saturated rings. The SMILES string of the molecule is NNC(Cc1c(F)ccc(Br)c1F)c1ccc(Cl)cc1N. The highest BCUT2D eigenvalue weighted by molar-refractivity contribution is 9.10. The first-order chi connectivity index (χ1) is 9.93. The Hall–Kier alpha value is -1.21. The van der Waals surface area contributed by atoms with Crippen LogP contribution in [0, 0.1) is 11.6 Å². The second kappa shape index (κ2) is 6.70. The zero-order valence-electron chi connectivity index (χ0n) is 10.8. The number of hydrogen-bond donors (Lipinski definition) is 3. The van der Waals surface area contributed by atoms with Crippen molar-refractivity contribution in [2.24, 2.45) is 5.84 Å². The van der Waals surface area contributed by atoms with Crippen molar-refractivity contribution in [2.45, 2.75) is 12.5 Å². The zero-order chi connectivity index (χ0) is 15.6. The molecule has 1 atom stereocenters.